The third-order valence-electron chi connectivity index (χ3n) is 4.08. The van der Waals surface area contributed by atoms with E-state index in [2.05, 4.69) is 10.2 Å². The average molecular weight is 385 g/mol. The van der Waals surface area contributed by atoms with Crippen LogP contribution >= 0.6 is 11.8 Å². The van der Waals surface area contributed by atoms with Crippen molar-refractivity contribution in [2.75, 3.05) is 17.2 Å². The van der Waals surface area contributed by atoms with E-state index in [1.807, 2.05) is 30.3 Å². The number of anilines is 1. The number of hydrogen-bond acceptors (Lipinski definition) is 6. The molecule has 0 N–H and O–H groups in total. The van der Waals surface area contributed by atoms with E-state index in [1.165, 1.54) is 17.8 Å². The van der Waals surface area contributed by atoms with Gasteiger partial charge in [0.25, 0.3) is 5.22 Å². The minimum Gasteiger partial charge on any atom is -0.443 e. The second kappa shape index (κ2) is 7.79. The van der Waals surface area contributed by atoms with E-state index in [0.717, 1.165) is 5.69 Å². The highest BCUT2D eigenvalue weighted by Crippen LogP contribution is 2.26. The fourth-order valence-electron chi connectivity index (χ4n) is 2.76. The minimum atomic E-state index is -0.363. The minimum absolute atomic E-state index is 0.237. The molecule has 138 valence electrons. The van der Waals surface area contributed by atoms with Gasteiger partial charge in [0.15, 0.2) is 0 Å². The molecule has 1 amide bonds. The van der Waals surface area contributed by atoms with E-state index in [-0.39, 0.29) is 24.4 Å². The van der Waals surface area contributed by atoms with Crippen LogP contribution in [0.3, 0.4) is 0 Å². The number of hydrogen-bond donors (Lipinski definition) is 0. The molecule has 2 heterocycles. The number of amides is 1. The third kappa shape index (κ3) is 4.11. The lowest BCUT2D eigenvalue weighted by atomic mass is 10.1. The molecule has 0 radical (unpaired) electrons. The summed E-state index contributed by atoms with van der Waals surface area (Å²) in [6.45, 7) is 0.464. The summed E-state index contributed by atoms with van der Waals surface area (Å²) in [5.41, 5.74) is 1.31. The fraction of sp³-hybridized carbons (Fsp3) is 0.211. The highest BCUT2D eigenvalue weighted by Gasteiger charge is 2.32. The van der Waals surface area contributed by atoms with Gasteiger partial charge in [-0.1, -0.05) is 48.2 Å². The van der Waals surface area contributed by atoms with Crippen molar-refractivity contribution < 1.29 is 18.3 Å². The van der Waals surface area contributed by atoms with Gasteiger partial charge in [0, 0.05) is 11.4 Å². The van der Waals surface area contributed by atoms with Crippen molar-refractivity contribution in [3.63, 3.8) is 0 Å². The lowest BCUT2D eigenvalue weighted by Crippen LogP contribution is -2.24. The number of cyclic esters (lactones) is 1. The summed E-state index contributed by atoms with van der Waals surface area (Å²) < 4.78 is 24.7. The van der Waals surface area contributed by atoms with E-state index in [1.54, 1.807) is 23.1 Å². The summed E-state index contributed by atoms with van der Waals surface area (Å²) >= 11 is 1.31. The van der Waals surface area contributed by atoms with Crippen LogP contribution in [0.1, 0.15) is 11.5 Å². The molecule has 0 spiro atoms. The Morgan fingerprint density at radius 2 is 1.89 bits per heavy atom. The second-order valence-corrected chi connectivity index (χ2v) is 6.96. The zero-order valence-electron chi connectivity index (χ0n) is 14.2. The van der Waals surface area contributed by atoms with Crippen LogP contribution in [0.4, 0.5) is 14.9 Å². The molecule has 0 aliphatic carbocycles. The van der Waals surface area contributed by atoms with E-state index < -0.39 is 0 Å². The van der Waals surface area contributed by atoms with Gasteiger partial charge in [0.1, 0.15) is 11.9 Å². The molecule has 2 aromatic carbocycles. The highest BCUT2D eigenvalue weighted by atomic mass is 32.2. The van der Waals surface area contributed by atoms with E-state index in [0.29, 0.717) is 29.0 Å². The van der Waals surface area contributed by atoms with Crippen molar-refractivity contribution in [2.45, 2.75) is 17.7 Å². The summed E-state index contributed by atoms with van der Waals surface area (Å²) in [7, 11) is 0. The van der Waals surface area contributed by atoms with E-state index in [9.17, 15) is 9.18 Å². The van der Waals surface area contributed by atoms with Crippen LogP contribution in [0.2, 0.25) is 0 Å². The van der Waals surface area contributed by atoms with Crippen molar-refractivity contribution in [3.05, 3.63) is 71.9 Å². The largest absolute Gasteiger partial charge is 0.443 e. The first-order valence-electron chi connectivity index (χ1n) is 8.41. The number of halogens is 1. The van der Waals surface area contributed by atoms with Gasteiger partial charge in [-0.3, -0.25) is 4.90 Å². The maximum atomic E-state index is 13.7. The summed E-state index contributed by atoms with van der Waals surface area (Å²) in [6.07, 6.45) is -0.400. The average Bonchev–Trinajstić information content (AvgIpc) is 3.29. The van der Waals surface area contributed by atoms with Crippen molar-refractivity contribution in [2.24, 2.45) is 0 Å². The Morgan fingerprint density at radius 3 is 2.70 bits per heavy atom. The predicted octanol–water partition coefficient (Wildman–Crippen LogP) is 3.92. The van der Waals surface area contributed by atoms with Crippen LogP contribution in [0.15, 0.2) is 64.2 Å². The van der Waals surface area contributed by atoms with Gasteiger partial charge in [-0.05, 0) is 23.8 Å². The maximum Gasteiger partial charge on any atom is 0.414 e. The Kier molecular flexibility index (Phi) is 5.06. The smallest absolute Gasteiger partial charge is 0.414 e. The molecule has 4 rings (SSSR count). The second-order valence-electron chi connectivity index (χ2n) is 5.99. The molecule has 0 unspecified atom stereocenters. The number of benzene rings is 2. The Balaban J connectivity index is 1.33. The van der Waals surface area contributed by atoms with Gasteiger partial charge in [-0.2, -0.15) is 0 Å². The van der Waals surface area contributed by atoms with Crippen molar-refractivity contribution in [1.29, 1.82) is 0 Å². The van der Waals surface area contributed by atoms with Gasteiger partial charge < -0.3 is 9.15 Å². The lowest BCUT2D eigenvalue weighted by molar-refractivity contribution is 0.151. The molecule has 1 aliphatic rings. The number of carbonyl (C=O) groups excluding carboxylic acids is 1. The van der Waals surface area contributed by atoms with Crippen molar-refractivity contribution >= 4 is 23.5 Å². The van der Waals surface area contributed by atoms with Crippen LogP contribution < -0.4 is 4.90 Å². The maximum absolute atomic E-state index is 13.7. The zero-order valence-corrected chi connectivity index (χ0v) is 15.1. The molecule has 8 heteroatoms. The molecule has 1 atom stereocenters. The first kappa shape index (κ1) is 17.5. The SMILES string of the molecule is O=C1O[C@@H](CSc2nnc(Cc3ccccc3F)o2)CN1c1ccccc1. The van der Waals surface area contributed by atoms with Crippen LogP contribution in [0, 0.1) is 5.82 Å². The van der Waals surface area contributed by atoms with Crippen LogP contribution in [-0.2, 0) is 11.2 Å². The molecule has 1 fully saturated rings. The first-order valence-corrected chi connectivity index (χ1v) is 9.39. The number of para-hydroxylation sites is 1. The zero-order chi connectivity index (χ0) is 18.6. The standard InChI is InChI=1S/C19H16FN3O3S/c20-16-9-5-4-6-13(16)10-17-21-22-18(26-17)27-12-15-11-23(19(24)25-15)14-7-2-1-3-8-14/h1-9,15H,10-12H2/t15-/m1/s1. The molecule has 0 saturated carbocycles. The van der Waals surface area contributed by atoms with Crippen molar-refractivity contribution in [3.8, 4) is 0 Å². The molecule has 0 bridgehead atoms. The molecule has 1 saturated heterocycles. The number of carbonyl (C=O) groups is 1. The molecular formula is C19H16FN3O3S. The molecule has 1 aromatic heterocycles. The quantitative estimate of drug-likeness (QED) is 0.599. The van der Waals surface area contributed by atoms with Gasteiger partial charge >= 0.3 is 6.09 Å². The summed E-state index contributed by atoms with van der Waals surface area (Å²) in [6, 6.07) is 15.9. The first-order chi connectivity index (χ1) is 13.2. The van der Waals surface area contributed by atoms with Crippen LogP contribution in [0.25, 0.3) is 0 Å². The molecule has 27 heavy (non-hydrogen) atoms. The summed E-state index contributed by atoms with van der Waals surface area (Å²) in [5.74, 6) is 0.539. The highest BCUT2D eigenvalue weighted by molar-refractivity contribution is 7.99. The number of rotatable bonds is 6. The summed E-state index contributed by atoms with van der Waals surface area (Å²) in [4.78, 5) is 13.6. The molecular weight excluding hydrogens is 369 g/mol. The van der Waals surface area contributed by atoms with Gasteiger partial charge in [0.2, 0.25) is 5.89 Å². The lowest BCUT2D eigenvalue weighted by Gasteiger charge is -2.12. The molecule has 1 aliphatic heterocycles. The fourth-order valence-corrected chi connectivity index (χ4v) is 3.52. The number of nitrogens with zero attached hydrogens (tertiary/aromatic N) is 3. The van der Waals surface area contributed by atoms with Crippen LogP contribution in [-0.4, -0.2) is 34.7 Å². The third-order valence-corrected chi connectivity index (χ3v) is 5.03. The Labute approximate surface area is 159 Å². The Bertz CT molecular complexity index is 935. The normalized spacial score (nSPS) is 16.6. The van der Waals surface area contributed by atoms with Gasteiger partial charge in [0.05, 0.1) is 13.0 Å². The monoisotopic (exact) mass is 385 g/mol. The van der Waals surface area contributed by atoms with Crippen LogP contribution in [0.5, 0.6) is 0 Å². The van der Waals surface area contributed by atoms with Gasteiger partial charge in [-0.15, -0.1) is 10.2 Å². The molecule has 3 aromatic rings. The van der Waals surface area contributed by atoms with Crippen molar-refractivity contribution in [1.82, 2.24) is 10.2 Å². The number of thioether (sulfide) groups is 1. The Morgan fingerprint density at radius 1 is 1.11 bits per heavy atom. The topological polar surface area (TPSA) is 68.5 Å². The Hall–Kier alpha value is -2.87. The van der Waals surface area contributed by atoms with Gasteiger partial charge in [-0.25, -0.2) is 9.18 Å². The van der Waals surface area contributed by atoms with E-state index in [4.69, 9.17) is 9.15 Å². The number of ether oxygens (including phenoxy) is 1. The predicted molar refractivity (Wildman–Crippen MR) is 98.3 cm³/mol. The molecule has 6 nitrogen and oxygen atoms in total. The number of aromatic nitrogens is 2. The van der Waals surface area contributed by atoms with E-state index >= 15 is 0 Å². The summed E-state index contributed by atoms with van der Waals surface area (Å²) in [5, 5.41) is 8.29.